The molecule has 0 aromatic heterocycles. The molecule has 0 bridgehead atoms. The van der Waals surface area contributed by atoms with Crippen molar-refractivity contribution in [2.75, 3.05) is 20.3 Å². The maximum Gasteiger partial charge on any atom is 0.119 e. The van der Waals surface area contributed by atoms with Crippen molar-refractivity contribution in [2.24, 2.45) is 0 Å². The number of hydrogen-bond donors (Lipinski definition) is 1. The van der Waals surface area contributed by atoms with Gasteiger partial charge in [0.1, 0.15) is 5.75 Å². The van der Waals surface area contributed by atoms with Crippen molar-refractivity contribution in [2.45, 2.75) is 39.3 Å². The quantitative estimate of drug-likeness (QED) is 0.770. The Labute approximate surface area is 110 Å². The molecular weight excluding hydrogens is 226 g/mol. The number of rotatable bonds is 8. The SMILES string of the molecule is CCCNC(c1cccc(OC)c1)C(C)OCC. The van der Waals surface area contributed by atoms with Gasteiger partial charge < -0.3 is 14.8 Å². The molecule has 2 unspecified atom stereocenters. The maximum absolute atomic E-state index is 5.73. The predicted octanol–water partition coefficient (Wildman–Crippen LogP) is 3.16. The molecule has 0 saturated carbocycles. The van der Waals surface area contributed by atoms with Crippen LogP contribution < -0.4 is 10.1 Å². The molecule has 1 aromatic carbocycles. The number of ether oxygens (including phenoxy) is 2. The van der Waals surface area contributed by atoms with Crippen molar-refractivity contribution in [3.8, 4) is 5.75 Å². The van der Waals surface area contributed by atoms with Crippen molar-refractivity contribution < 1.29 is 9.47 Å². The van der Waals surface area contributed by atoms with Gasteiger partial charge in [-0.3, -0.25) is 0 Å². The van der Waals surface area contributed by atoms with Crippen LogP contribution in [0.25, 0.3) is 0 Å². The van der Waals surface area contributed by atoms with Gasteiger partial charge >= 0.3 is 0 Å². The largest absolute Gasteiger partial charge is 0.497 e. The van der Waals surface area contributed by atoms with Crippen LogP contribution in [-0.2, 0) is 4.74 Å². The zero-order valence-electron chi connectivity index (χ0n) is 11.9. The van der Waals surface area contributed by atoms with Crippen LogP contribution >= 0.6 is 0 Å². The summed E-state index contributed by atoms with van der Waals surface area (Å²) in [5.74, 6) is 0.888. The Morgan fingerprint density at radius 1 is 1.28 bits per heavy atom. The minimum atomic E-state index is 0.147. The van der Waals surface area contributed by atoms with E-state index in [0.717, 1.165) is 25.3 Å². The molecule has 0 aliphatic rings. The minimum absolute atomic E-state index is 0.147. The van der Waals surface area contributed by atoms with Crippen LogP contribution in [-0.4, -0.2) is 26.4 Å². The molecule has 0 radical (unpaired) electrons. The molecule has 0 amide bonds. The van der Waals surface area contributed by atoms with Crippen molar-refractivity contribution in [1.29, 1.82) is 0 Å². The zero-order chi connectivity index (χ0) is 13.4. The van der Waals surface area contributed by atoms with Crippen molar-refractivity contribution in [3.63, 3.8) is 0 Å². The third-order valence-electron chi connectivity index (χ3n) is 2.97. The van der Waals surface area contributed by atoms with Crippen LogP contribution in [0, 0.1) is 0 Å². The van der Waals surface area contributed by atoms with Gasteiger partial charge in [-0.1, -0.05) is 19.1 Å². The summed E-state index contributed by atoms with van der Waals surface area (Å²) < 4.78 is 11.0. The van der Waals surface area contributed by atoms with E-state index in [4.69, 9.17) is 9.47 Å². The Morgan fingerprint density at radius 3 is 2.67 bits per heavy atom. The summed E-state index contributed by atoms with van der Waals surface area (Å²) in [4.78, 5) is 0. The number of methoxy groups -OCH3 is 1. The lowest BCUT2D eigenvalue weighted by molar-refractivity contribution is 0.0472. The van der Waals surface area contributed by atoms with E-state index in [1.54, 1.807) is 7.11 Å². The molecule has 1 rings (SSSR count). The summed E-state index contributed by atoms with van der Waals surface area (Å²) in [6.07, 6.45) is 1.26. The molecule has 0 saturated heterocycles. The molecule has 0 heterocycles. The van der Waals surface area contributed by atoms with Gasteiger partial charge in [-0.25, -0.2) is 0 Å². The smallest absolute Gasteiger partial charge is 0.119 e. The topological polar surface area (TPSA) is 30.5 Å². The fourth-order valence-corrected chi connectivity index (χ4v) is 2.05. The van der Waals surface area contributed by atoms with Crippen LogP contribution in [0.5, 0.6) is 5.75 Å². The van der Waals surface area contributed by atoms with E-state index in [9.17, 15) is 0 Å². The first-order chi connectivity index (χ1) is 8.72. The molecule has 1 aromatic rings. The summed E-state index contributed by atoms with van der Waals surface area (Å²) in [6, 6.07) is 8.38. The minimum Gasteiger partial charge on any atom is -0.497 e. The van der Waals surface area contributed by atoms with E-state index < -0.39 is 0 Å². The van der Waals surface area contributed by atoms with Crippen LogP contribution in [0.15, 0.2) is 24.3 Å². The lowest BCUT2D eigenvalue weighted by Gasteiger charge is -2.25. The molecule has 3 nitrogen and oxygen atoms in total. The second kappa shape index (κ2) is 8.11. The highest BCUT2D eigenvalue weighted by molar-refractivity contribution is 5.31. The second-order valence-electron chi connectivity index (χ2n) is 4.37. The Kier molecular flexibility index (Phi) is 6.76. The Morgan fingerprint density at radius 2 is 2.06 bits per heavy atom. The Bertz CT molecular complexity index is 341. The van der Waals surface area contributed by atoms with E-state index in [1.165, 1.54) is 5.56 Å². The van der Waals surface area contributed by atoms with Gasteiger partial charge in [-0.05, 0) is 44.5 Å². The first kappa shape index (κ1) is 15.0. The average molecular weight is 251 g/mol. The molecule has 0 aliphatic heterocycles. The molecule has 102 valence electrons. The highest BCUT2D eigenvalue weighted by Gasteiger charge is 2.19. The van der Waals surface area contributed by atoms with Gasteiger partial charge in [-0.15, -0.1) is 0 Å². The number of hydrogen-bond acceptors (Lipinski definition) is 3. The standard InChI is InChI=1S/C15H25NO2/c1-5-10-16-15(12(3)18-6-2)13-8-7-9-14(11-13)17-4/h7-9,11-12,15-16H,5-6,10H2,1-4H3. The molecule has 0 fully saturated rings. The predicted molar refractivity (Wildman–Crippen MR) is 75.1 cm³/mol. The fourth-order valence-electron chi connectivity index (χ4n) is 2.05. The van der Waals surface area contributed by atoms with Crippen LogP contribution in [0.1, 0.15) is 38.8 Å². The molecule has 18 heavy (non-hydrogen) atoms. The van der Waals surface area contributed by atoms with Gasteiger partial charge in [0.05, 0.1) is 19.3 Å². The second-order valence-corrected chi connectivity index (χ2v) is 4.37. The lowest BCUT2D eigenvalue weighted by atomic mass is 10.0. The molecular formula is C15H25NO2. The summed E-state index contributed by atoms with van der Waals surface area (Å²) in [5.41, 5.74) is 1.21. The maximum atomic E-state index is 5.73. The molecule has 0 spiro atoms. The summed E-state index contributed by atoms with van der Waals surface area (Å²) >= 11 is 0. The average Bonchev–Trinajstić information content (AvgIpc) is 2.40. The highest BCUT2D eigenvalue weighted by atomic mass is 16.5. The summed E-state index contributed by atoms with van der Waals surface area (Å²) in [5, 5.41) is 3.54. The number of benzene rings is 1. The first-order valence-corrected chi connectivity index (χ1v) is 6.71. The van der Waals surface area contributed by atoms with E-state index >= 15 is 0 Å². The van der Waals surface area contributed by atoms with E-state index in [-0.39, 0.29) is 12.1 Å². The fraction of sp³-hybridized carbons (Fsp3) is 0.600. The third-order valence-corrected chi connectivity index (χ3v) is 2.97. The third kappa shape index (κ3) is 4.31. The van der Waals surface area contributed by atoms with Gasteiger partial charge in [0, 0.05) is 6.61 Å². The zero-order valence-corrected chi connectivity index (χ0v) is 11.9. The summed E-state index contributed by atoms with van der Waals surface area (Å²) in [7, 11) is 1.69. The first-order valence-electron chi connectivity index (χ1n) is 6.71. The van der Waals surface area contributed by atoms with Crippen LogP contribution in [0.2, 0.25) is 0 Å². The van der Waals surface area contributed by atoms with Crippen molar-refractivity contribution in [1.82, 2.24) is 5.32 Å². The normalized spacial score (nSPS) is 14.2. The Balaban J connectivity index is 2.85. The van der Waals surface area contributed by atoms with E-state index in [1.807, 2.05) is 19.1 Å². The van der Waals surface area contributed by atoms with Gasteiger partial charge in [0.2, 0.25) is 0 Å². The van der Waals surface area contributed by atoms with E-state index in [2.05, 4.69) is 31.3 Å². The van der Waals surface area contributed by atoms with Gasteiger partial charge in [-0.2, -0.15) is 0 Å². The van der Waals surface area contributed by atoms with E-state index in [0.29, 0.717) is 0 Å². The van der Waals surface area contributed by atoms with Crippen LogP contribution in [0.4, 0.5) is 0 Å². The monoisotopic (exact) mass is 251 g/mol. The molecule has 3 heteroatoms. The van der Waals surface area contributed by atoms with Crippen LogP contribution in [0.3, 0.4) is 0 Å². The molecule has 0 aliphatic carbocycles. The highest BCUT2D eigenvalue weighted by Crippen LogP contribution is 2.23. The number of nitrogens with one attached hydrogen (secondary N) is 1. The Hall–Kier alpha value is -1.06. The summed E-state index contributed by atoms with van der Waals surface area (Å²) in [6.45, 7) is 8.02. The van der Waals surface area contributed by atoms with Gasteiger partial charge in [0.25, 0.3) is 0 Å². The van der Waals surface area contributed by atoms with Crippen molar-refractivity contribution >= 4 is 0 Å². The van der Waals surface area contributed by atoms with Crippen molar-refractivity contribution in [3.05, 3.63) is 29.8 Å². The lowest BCUT2D eigenvalue weighted by Crippen LogP contribution is -2.32. The molecule has 2 atom stereocenters. The van der Waals surface area contributed by atoms with Gasteiger partial charge in [0.15, 0.2) is 0 Å². The molecule has 1 N–H and O–H groups in total.